The van der Waals surface area contributed by atoms with Crippen molar-refractivity contribution in [3.63, 3.8) is 0 Å². The highest BCUT2D eigenvalue weighted by Crippen LogP contribution is 2.29. The third-order valence-electron chi connectivity index (χ3n) is 2.61. The van der Waals surface area contributed by atoms with E-state index in [1.165, 1.54) is 7.11 Å². The Hall–Kier alpha value is -1.84. The topological polar surface area (TPSA) is 38.3 Å². The minimum absolute atomic E-state index is 0.0380. The second kappa shape index (κ2) is 6.36. The first-order valence-corrected chi connectivity index (χ1v) is 6.22. The minimum atomic E-state index is -0.182. The number of amides is 1. The van der Waals surface area contributed by atoms with Gasteiger partial charge >= 0.3 is 0 Å². The molecule has 0 saturated heterocycles. The number of nitrogens with one attached hydrogen (secondary N) is 1. The molecule has 2 aromatic rings. The average Bonchev–Trinajstić information content (AvgIpc) is 2.40. The Morgan fingerprint density at radius 3 is 2.74 bits per heavy atom. The maximum Gasteiger partial charge on any atom is 0.250 e. The molecule has 3 nitrogen and oxygen atoms in total. The standard InChI is InChI=1S/C15H14ClNO2/c1-19-10-15(18)17-12-6-4-5-11(9-12)13-7-2-3-8-14(13)16/h2-9H,10H2,1H3,(H,17,18). The second-order valence-corrected chi connectivity index (χ2v) is 4.45. The summed E-state index contributed by atoms with van der Waals surface area (Å²) in [5.74, 6) is -0.182. The normalized spacial score (nSPS) is 10.2. The quantitative estimate of drug-likeness (QED) is 0.926. The van der Waals surface area contributed by atoms with Gasteiger partial charge in [-0.15, -0.1) is 0 Å². The van der Waals surface area contributed by atoms with Gasteiger partial charge in [0.1, 0.15) is 6.61 Å². The monoisotopic (exact) mass is 275 g/mol. The van der Waals surface area contributed by atoms with Gasteiger partial charge in [-0.1, -0.05) is 41.9 Å². The number of rotatable bonds is 4. The molecule has 0 unspecified atom stereocenters. The molecule has 98 valence electrons. The van der Waals surface area contributed by atoms with Crippen molar-refractivity contribution in [2.24, 2.45) is 0 Å². The zero-order valence-corrected chi connectivity index (χ0v) is 11.3. The summed E-state index contributed by atoms with van der Waals surface area (Å²) < 4.78 is 4.78. The summed E-state index contributed by atoms with van der Waals surface area (Å²) in [6.07, 6.45) is 0. The first-order chi connectivity index (χ1) is 9.20. The Morgan fingerprint density at radius 1 is 1.21 bits per heavy atom. The zero-order valence-electron chi connectivity index (χ0n) is 10.5. The molecule has 19 heavy (non-hydrogen) atoms. The van der Waals surface area contributed by atoms with Crippen LogP contribution in [0.4, 0.5) is 5.69 Å². The zero-order chi connectivity index (χ0) is 13.7. The Labute approximate surface area is 117 Å². The number of methoxy groups -OCH3 is 1. The number of anilines is 1. The molecule has 4 heteroatoms. The van der Waals surface area contributed by atoms with Gasteiger partial charge in [0.25, 0.3) is 0 Å². The molecule has 1 amide bonds. The van der Waals surface area contributed by atoms with Crippen LogP contribution in [0.2, 0.25) is 5.02 Å². The summed E-state index contributed by atoms with van der Waals surface area (Å²) in [6, 6.07) is 15.1. The van der Waals surface area contributed by atoms with Crippen molar-refractivity contribution >= 4 is 23.2 Å². The molecule has 0 radical (unpaired) electrons. The van der Waals surface area contributed by atoms with Gasteiger partial charge in [-0.3, -0.25) is 4.79 Å². The highest BCUT2D eigenvalue weighted by atomic mass is 35.5. The van der Waals surface area contributed by atoms with E-state index in [1.54, 1.807) is 0 Å². The average molecular weight is 276 g/mol. The smallest absolute Gasteiger partial charge is 0.250 e. The fourth-order valence-electron chi connectivity index (χ4n) is 1.79. The molecule has 0 fully saturated rings. The van der Waals surface area contributed by atoms with Crippen molar-refractivity contribution in [3.05, 3.63) is 53.6 Å². The maximum absolute atomic E-state index is 11.5. The van der Waals surface area contributed by atoms with Crippen molar-refractivity contribution in [1.82, 2.24) is 0 Å². The number of hydrogen-bond donors (Lipinski definition) is 1. The van der Waals surface area contributed by atoms with Gasteiger partial charge in [0.15, 0.2) is 0 Å². The molecule has 0 aliphatic carbocycles. The minimum Gasteiger partial charge on any atom is -0.375 e. The predicted molar refractivity (Wildman–Crippen MR) is 77.4 cm³/mol. The fraction of sp³-hybridized carbons (Fsp3) is 0.133. The Kier molecular flexibility index (Phi) is 4.55. The van der Waals surface area contributed by atoms with Gasteiger partial charge < -0.3 is 10.1 Å². The molecule has 0 saturated carbocycles. The third-order valence-corrected chi connectivity index (χ3v) is 2.94. The van der Waals surface area contributed by atoms with Crippen LogP contribution in [0.1, 0.15) is 0 Å². The molecule has 0 aliphatic heterocycles. The number of halogens is 1. The number of carbonyl (C=O) groups excluding carboxylic acids is 1. The molecule has 0 atom stereocenters. The lowest BCUT2D eigenvalue weighted by Crippen LogP contribution is -2.16. The van der Waals surface area contributed by atoms with E-state index in [9.17, 15) is 4.79 Å². The molecule has 0 heterocycles. The molecule has 0 bridgehead atoms. The van der Waals surface area contributed by atoms with Crippen LogP contribution in [0.5, 0.6) is 0 Å². The number of hydrogen-bond acceptors (Lipinski definition) is 2. The van der Waals surface area contributed by atoms with Crippen molar-refractivity contribution in [2.75, 3.05) is 19.0 Å². The molecular formula is C15H14ClNO2. The van der Waals surface area contributed by atoms with E-state index in [1.807, 2.05) is 48.5 Å². The first-order valence-electron chi connectivity index (χ1n) is 5.84. The summed E-state index contributed by atoms with van der Waals surface area (Å²) in [5, 5.41) is 3.45. The summed E-state index contributed by atoms with van der Waals surface area (Å²) in [4.78, 5) is 11.5. The summed E-state index contributed by atoms with van der Waals surface area (Å²) in [5.41, 5.74) is 2.62. The van der Waals surface area contributed by atoms with E-state index >= 15 is 0 Å². The van der Waals surface area contributed by atoms with Gasteiger partial charge in [0.2, 0.25) is 5.91 Å². The summed E-state index contributed by atoms with van der Waals surface area (Å²) in [6.45, 7) is 0.0380. The van der Waals surface area contributed by atoms with Crippen LogP contribution in [0, 0.1) is 0 Å². The van der Waals surface area contributed by atoms with Crippen molar-refractivity contribution in [2.45, 2.75) is 0 Å². The molecule has 0 aliphatic rings. The van der Waals surface area contributed by atoms with Gasteiger partial charge in [-0.25, -0.2) is 0 Å². The lowest BCUT2D eigenvalue weighted by atomic mass is 10.1. The van der Waals surface area contributed by atoms with Crippen LogP contribution < -0.4 is 5.32 Å². The number of ether oxygens (including phenoxy) is 1. The van der Waals surface area contributed by atoms with E-state index in [4.69, 9.17) is 16.3 Å². The Bertz CT molecular complexity index is 584. The van der Waals surface area contributed by atoms with Gasteiger partial charge in [-0.05, 0) is 23.8 Å². The van der Waals surface area contributed by atoms with Crippen LogP contribution in [0.15, 0.2) is 48.5 Å². The van der Waals surface area contributed by atoms with E-state index < -0.39 is 0 Å². The highest BCUT2D eigenvalue weighted by molar-refractivity contribution is 6.33. The molecule has 2 rings (SSSR count). The van der Waals surface area contributed by atoms with Crippen LogP contribution in [0.25, 0.3) is 11.1 Å². The van der Waals surface area contributed by atoms with Gasteiger partial charge in [0.05, 0.1) is 0 Å². The number of benzene rings is 2. The Morgan fingerprint density at radius 2 is 2.00 bits per heavy atom. The molecule has 2 aromatic carbocycles. The van der Waals surface area contributed by atoms with Crippen LogP contribution in [-0.4, -0.2) is 19.6 Å². The molecular weight excluding hydrogens is 262 g/mol. The SMILES string of the molecule is COCC(=O)Nc1cccc(-c2ccccc2Cl)c1. The second-order valence-electron chi connectivity index (χ2n) is 4.04. The van der Waals surface area contributed by atoms with Crippen LogP contribution in [0.3, 0.4) is 0 Å². The highest BCUT2D eigenvalue weighted by Gasteiger charge is 2.05. The van der Waals surface area contributed by atoms with E-state index in [2.05, 4.69) is 5.32 Å². The molecule has 0 aromatic heterocycles. The largest absolute Gasteiger partial charge is 0.375 e. The molecule has 1 N–H and O–H groups in total. The van der Waals surface area contributed by atoms with E-state index in [-0.39, 0.29) is 12.5 Å². The van der Waals surface area contributed by atoms with E-state index in [0.717, 1.165) is 16.8 Å². The maximum atomic E-state index is 11.5. The fourth-order valence-corrected chi connectivity index (χ4v) is 2.03. The lowest BCUT2D eigenvalue weighted by molar-refractivity contribution is -0.119. The summed E-state index contributed by atoms with van der Waals surface area (Å²) in [7, 11) is 1.49. The van der Waals surface area contributed by atoms with Crippen molar-refractivity contribution in [3.8, 4) is 11.1 Å². The van der Waals surface area contributed by atoms with Crippen molar-refractivity contribution in [1.29, 1.82) is 0 Å². The Balaban J connectivity index is 2.25. The molecule has 0 spiro atoms. The first kappa shape index (κ1) is 13.6. The van der Waals surface area contributed by atoms with Gasteiger partial charge in [-0.2, -0.15) is 0 Å². The van der Waals surface area contributed by atoms with E-state index in [0.29, 0.717) is 5.02 Å². The van der Waals surface area contributed by atoms with Crippen molar-refractivity contribution < 1.29 is 9.53 Å². The predicted octanol–water partition coefficient (Wildman–Crippen LogP) is 3.59. The van der Waals surface area contributed by atoms with Crippen LogP contribution in [-0.2, 0) is 9.53 Å². The summed E-state index contributed by atoms with van der Waals surface area (Å²) >= 11 is 6.16. The number of carbonyl (C=O) groups is 1. The lowest BCUT2D eigenvalue weighted by Gasteiger charge is -2.08. The third kappa shape index (κ3) is 3.56. The van der Waals surface area contributed by atoms with Gasteiger partial charge in [0, 0.05) is 23.4 Å². The van der Waals surface area contributed by atoms with Crippen LogP contribution >= 0.6 is 11.6 Å².